The molecule has 0 aromatic carbocycles. The summed E-state index contributed by atoms with van der Waals surface area (Å²) >= 11 is 5.51. The fraction of sp³-hybridized carbons (Fsp3) is 0.846. The Kier molecular flexibility index (Phi) is 3.69. The Bertz CT molecular complexity index is 378. The van der Waals surface area contributed by atoms with E-state index >= 15 is 0 Å². The summed E-state index contributed by atoms with van der Waals surface area (Å²) in [6, 6.07) is 0.170. The fourth-order valence-electron chi connectivity index (χ4n) is 2.84. The average Bonchev–Trinajstić information content (AvgIpc) is 2.15. The highest BCUT2D eigenvalue weighted by Crippen LogP contribution is 2.48. The summed E-state index contributed by atoms with van der Waals surface area (Å²) < 4.78 is 5.21. The Labute approximate surface area is 118 Å². The Morgan fingerprint density at radius 3 is 2.42 bits per heavy atom. The van der Waals surface area contributed by atoms with Gasteiger partial charge in [0.1, 0.15) is 11.5 Å². The van der Waals surface area contributed by atoms with Gasteiger partial charge in [0.15, 0.2) is 0 Å². The van der Waals surface area contributed by atoms with Crippen LogP contribution in [0, 0.1) is 5.41 Å². The van der Waals surface area contributed by atoms with E-state index in [1.807, 2.05) is 20.8 Å². The smallest absolute Gasteiger partial charge is 0.407 e. The highest BCUT2D eigenvalue weighted by Gasteiger charge is 2.53. The molecule has 2 rings (SSSR count). The molecule has 1 aliphatic heterocycles. The first-order valence-corrected chi connectivity index (χ1v) is 7.10. The molecule has 2 amide bonds. The van der Waals surface area contributed by atoms with Gasteiger partial charge in [-0.3, -0.25) is 4.79 Å². The number of alkyl carbamates (subject to hydrolysis) is 1. The van der Waals surface area contributed by atoms with Gasteiger partial charge in [0.05, 0.1) is 0 Å². The quantitative estimate of drug-likeness (QED) is 0.788. The molecule has 2 aliphatic rings. The lowest BCUT2D eigenvalue weighted by Crippen LogP contribution is -2.67. The van der Waals surface area contributed by atoms with Crippen molar-refractivity contribution in [1.82, 2.24) is 10.2 Å². The second-order valence-corrected chi connectivity index (χ2v) is 6.90. The summed E-state index contributed by atoms with van der Waals surface area (Å²) in [5, 5.41) is 2.86. The molecule has 1 aliphatic carbocycles. The summed E-state index contributed by atoms with van der Waals surface area (Å²) in [6.07, 6.45) is 1.47. The normalized spacial score (nSPS) is 21.6. The number of halogens is 1. The van der Waals surface area contributed by atoms with Gasteiger partial charge in [-0.1, -0.05) is 0 Å². The summed E-state index contributed by atoms with van der Waals surface area (Å²) in [7, 11) is 0. The molecule has 0 radical (unpaired) electrons. The molecule has 108 valence electrons. The predicted octanol–water partition coefficient (Wildman–Crippen LogP) is 1.74. The monoisotopic (exact) mass is 288 g/mol. The van der Waals surface area contributed by atoms with E-state index in [-0.39, 0.29) is 29.3 Å². The van der Waals surface area contributed by atoms with E-state index < -0.39 is 5.60 Å². The molecule has 0 aromatic rings. The minimum atomic E-state index is -0.467. The number of amides is 2. The molecule has 5 nitrogen and oxygen atoms in total. The largest absolute Gasteiger partial charge is 0.444 e. The zero-order valence-electron chi connectivity index (χ0n) is 11.7. The lowest BCUT2D eigenvalue weighted by molar-refractivity contribution is -0.149. The van der Waals surface area contributed by atoms with Crippen LogP contribution in [0.4, 0.5) is 4.79 Å². The Morgan fingerprint density at radius 1 is 1.37 bits per heavy atom. The third kappa shape index (κ3) is 3.32. The van der Waals surface area contributed by atoms with Gasteiger partial charge in [-0.25, -0.2) is 4.79 Å². The van der Waals surface area contributed by atoms with Gasteiger partial charge >= 0.3 is 6.09 Å². The van der Waals surface area contributed by atoms with Crippen molar-refractivity contribution < 1.29 is 14.3 Å². The number of carbonyl (C=O) groups excluding carboxylic acids is 2. The Hall–Kier alpha value is -0.970. The first-order chi connectivity index (χ1) is 8.73. The van der Waals surface area contributed by atoms with Crippen LogP contribution in [0.15, 0.2) is 0 Å². The van der Waals surface area contributed by atoms with Gasteiger partial charge in [-0.15, -0.1) is 11.6 Å². The van der Waals surface area contributed by atoms with Crippen LogP contribution in [-0.4, -0.2) is 47.5 Å². The van der Waals surface area contributed by atoms with Crippen LogP contribution >= 0.6 is 11.6 Å². The van der Waals surface area contributed by atoms with Gasteiger partial charge in [0.25, 0.3) is 0 Å². The summed E-state index contributed by atoms with van der Waals surface area (Å²) in [4.78, 5) is 24.7. The number of hydrogen-bond acceptors (Lipinski definition) is 3. The molecular weight excluding hydrogens is 268 g/mol. The summed E-state index contributed by atoms with van der Waals surface area (Å²) in [5.41, 5.74) is -0.257. The number of alkyl halides is 1. The Balaban J connectivity index is 1.68. The van der Waals surface area contributed by atoms with E-state index in [0.29, 0.717) is 0 Å². The second-order valence-electron chi connectivity index (χ2n) is 6.63. The Morgan fingerprint density at radius 2 is 1.95 bits per heavy atom. The van der Waals surface area contributed by atoms with Crippen LogP contribution < -0.4 is 5.32 Å². The average molecular weight is 289 g/mol. The standard InChI is InChI=1S/C13H21ClN2O3/c1-12(2,3)19-11(18)15-9-4-13(5-9)7-16(8-13)10(17)6-14/h9H,4-8H2,1-3H3,(H,15,18). The number of nitrogens with one attached hydrogen (secondary N) is 1. The van der Waals surface area contributed by atoms with Crippen molar-refractivity contribution in [3.63, 3.8) is 0 Å². The minimum Gasteiger partial charge on any atom is -0.444 e. The van der Waals surface area contributed by atoms with Crippen LogP contribution in [0.2, 0.25) is 0 Å². The van der Waals surface area contributed by atoms with Gasteiger partial charge in [-0.05, 0) is 33.6 Å². The molecule has 1 spiro atoms. The molecule has 0 atom stereocenters. The molecule has 1 heterocycles. The third-order valence-corrected chi connectivity index (χ3v) is 3.83. The van der Waals surface area contributed by atoms with Crippen LogP contribution in [-0.2, 0) is 9.53 Å². The summed E-state index contributed by atoms with van der Waals surface area (Å²) in [6.45, 7) is 7.07. The fourth-order valence-corrected chi connectivity index (χ4v) is 3.01. The first kappa shape index (κ1) is 14.4. The lowest BCUT2D eigenvalue weighted by atomic mass is 9.60. The van der Waals surface area contributed by atoms with Gasteiger partial charge < -0.3 is 15.0 Å². The van der Waals surface area contributed by atoms with E-state index in [4.69, 9.17) is 16.3 Å². The third-order valence-electron chi connectivity index (χ3n) is 3.60. The first-order valence-electron chi connectivity index (χ1n) is 6.56. The maximum absolute atomic E-state index is 11.6. The number of hydrogen-bond donors (Lipinski definition) is 1. The maximum Gasteiger partial charge on any atom is 0.407 e. The van der Waals surface area contributed by atoms with Crippen LogP contribution in [0.25, 0.3) is 0 Å². The SMILES string of the molecule is CC(C)(C)OC(=O)NC1CC2(C1)CN(C(=O)CCl)C2. The molecule has 1 saturated heterocycles. The molecule has 2 fully saturated rings. The molecule has 1 N–H and O–H groups in total. The second kappa shape index (κ2) is 4.85. The van der Waals surface area contributed by atoms with Gasteiger partial charge in [0.2, 0.25) is 5.91 Å². The van der Waals surface area contributed by atoms with E-state index in [1.165, 1.54) is 0 Å². The van der Waals surface area contributed by atoms with Crippen molar-refractivity contribution in [2.75, 3.05) is 19.0 Å². The number of likely N-dealkylation sites (tertiary alicyclic amines) is 1. The number of nitrogens with zero attached hydrogens (tertiary/aromatic N) is 1. The van der Waals surface area contributed by atoms with Crippen molar-refractivity contribution in [2.24, 2.45) is 5.41 Å². The van der Waals surface area contributed by atoms with Gasteiger partial charge in [0, 0.05) is 24.5 Å². The molecule has 0 aromatic heterocycles. The van der Waals surface area contributed by atoms with Crippen molar-refractivity contribution in [2.45, 2.75) is 45.3 Å². The molecule has 19 heavy (non-hydrogen) atoms. The zero-order valence-corrected chi connectivity index (χ0v) is 12.4. The summed E-state index contributed by atoms with van der Waals surface area (Å²) in [5.74, 6) is 0.0474. The zero-order chi connectivity index (χ0) is 14.3. The van der Waals surface area contributed by atoms with Gasteiger partial charge in [-0.2, -0.15) is 0 Å². The van der Waals surface area contributed by atoms with Crippen molar-refractivity contribution in [3.8, 4) is 0 Å². The lowest BCUT2D eigenvalue weighted by Gasteiger charge is -2.58. The van der Waals surface area contributed by atoms with Crippen LogP contribution in [0.5, 0.6) is 0 Å². The molecule has 0 unspecified atom stereocenters. The van der Waals surface area contributed by atoms with Crippen LogP contribution in [0.3, 0.4) is 0 Å². The van der Waals surface area contributed by atoms with E-state index in [2.05, 4.69) is 5.32 Å². The minimum absolute atomic E-state index is 0.00385. The highest BCUT2D eigenvalue weighted by atomic mass is 35.5. The molecule has 1 saturated carbocycles. The number of ether oxygens (including phenoxy) is 1. The molecule has 0 bridgehead atoms. The number of rotatable bonds is 2. The maximum atomic E-state index is 11.6. The van der Waals surface area contributed by atoms with Crippen molar-refractivity contribution in [1.29, 1.82) is 0 Å². The van der Waals surface area contributed by atoms with Crippen molar-refractivity contribution >= 4 is 23.6 Å². The van der Waals surface area contributed by atoms with Crippen LogP contribution in [0.1, 0.15) is 33.6 Å². The highest BCUT2D eigenvalue weighted by molar-refractivity contribution is 6.27. The topological polar surface area (TPSA) is 58.6 Å². The van der Waals surface area contributed by atoms with E-state index in [1.54, 1.807) is 4.90 Å². The molecular formula is C13H21ClN2O3. The molecule has 6 heteroatoms. The van der Waals surface area contributed by atoms with E-state index in [9.17, 15) is 9.59 Å². The van der Waals surface area contributed by atoms with Crippen molar-refractivity contribution in [3.05, 3.63) is 0 Å². The number of carbonyl (C=O) groups is 2. The predicted molar refractivity (Wildman–Crippen MR) is 72.1 cm³/mol. The van der Waals surface area contributed by atoms with E-state index in [0.717, 1.165) is 25.9 Å².